The van der Waals surface area contributed by atoms with E-state index in [1.165, 1.54) is 0 Å². The van der Waals surface area contributed by atoms with Crippen LogP contribution in [-0.2, 0) is 18.9 Å². The number of anilines is 2. The summed E-state index contributed by atoms with van der Waals surface area (Å²) in [5.41, 5.74) is 3.10. The highest BCUT2D eigenvalue weighted by Gasteiger charge is 2.34. The maximum Gasteiger partial charge on any atom is 0.433 e. The number of benzene rings is 1. The number of amides is 4. The van der Waals surface area contributed by atoms with Crippen molar-refractivity contribution in [3.8, 4) is 11.5 Å². The maximum absolute atomic E-state index is 13.2. The molecule has 0 saturated carbocycles. The van der Waals surface area contributed by atoms with Gasteiger partial charge in [-0.05, 0) is 6.07 Å². The van der Waals surface area contributed by atoms with E-state index in [2.05, 4.69) is 0 Å². The first kappa shape index (κ1) is 43.4. The number of carbonyl (C=O) groups excluding carboxylic acids is 4. The van der Waals surface area contributed by atoms with Crippen LogP contribution in [0.3, 0.4) is 0 Å². The van der Waals surface area contributed by atoms with Crippen LogP contribution in [0.15, 0.2) is 12.1 Å². The number of methoxy groups -OCH3 is 2. The molecule has 1 aromatic rings. The van der Waals surface area contributed by atoms with Gasteiger partial charge in [0, 0.05) is 6.07 Å². The number of nitrogens with zero attached hydrogens (tertiary/aromatic N) is 2. The van der Waals surface area contributed by atoms with E-state index in [0.717, 1.165) is 26.4 Å². The van der Waals surface area contributed by atoms with Crippen molar-refractivity contribution in [3.05, 3.63) is 12.1 Å². The van der Waals surface area contributed by atoms with Gasteiger partial charge in [0.2, 0.25) is 15.2 Å². The van der Waals surface area contributed by atoms with Crippen molar-refractivity contribution in [2.75, 3.05) is 50.7 Å². The third-order valence-corrected chi connectivity index (χ3v) is 5.50. The zero-order valence-electron chi connectivity index (χ0n) is 22.5. The standard InChI is InChI=1S/C20H18Cl12N4O10/c1-41-11-4-12(42-2)10(36(16(40)46-8-20(30,31)32)34-14(38)44-6-18(24,25)26)3-9(11)35(15(39)45-7-19(27,28)29)33-13(37)43-5-17(21,22)23/h3-4H,5-8H2,1-2H3,(H,33,37)(H,34,38). The smallest absolute Gasteiger partial charge is 0.433 e. The number of alkyl halides is 12. The summed E-state index contributed by atoms with van der Waals surface area (Å²) in [6, 6.07) is 2.01. The molecule has 4 amide bonds. The summed E-state index contributed by atoms with van der Waals surface area (Å²) < 4.78 is 21.8. The third kappa shape index (κ3) is 17.2. The maximum atomic E-state index is 13.2. The van der Waals surface area contributed by atoms with Gasteiger partial charge in [0.05, 0.1) is 14.2 Å². The topological polar surface area (TPSA) is 154 Å². The Morgan fingerprint density at radius 1 is 0.543 bits per heavy atom. The van der Waals surface area contributed by atoms with E-state index in [4.69, 9.17) is 168 Å². The van der Waals surface area contributed by atoms with Crippen LogP contribution in [0.5, 0.6) is 11.5 Å². The fraction of sp³-hybridized carbons (Fsp3) is 0.500. The molecule has 0 aliphatic rings. The summed E-state index contributed by atoms with van der Waals surface area (Å²) in [4.78, 5) is 51.5. The first-order chi connectivity index (χ1) is 20.9. The normalized spacial score (nSPS) is 12.0. The second-order valence-corrected chi connectivity index (χ2v) is 17.9. The molecule has 46 heavy (non-hydrogen) atoms. The van der Waals surface area contributed by atoms with Gasteiger partial charge < -0.3 is 28.4 Å². The van der Waals surface area contributed by atoms with E-state index in [1.54, 1.807) is 0 Å². The highest BCUT2D eigenvalue weighted by Crippen LogP contribution is 2.41. The van der Waals surface area contributed by atoms with Gasteiger partial charge in [-0.1, -0.05) is 139 Å². The van der Waals surface area contributed by atoms with Gasteiger partial charge in [0.25, 0.3) is 0 Å². The van der Waals surface area contributed by atoms with Crippen molar-refractivity contribution >= 4 is 175 Å². The van der Waals surface area contributed by atoms with Crippen LogP contribution in [0, 0.1) is 0 Å². The van der Waals surface area contributed by atoms with Crippen LogP contribution in [-0.4, -0.2) is 80.2 Å². The lowest BCUT2D eigenvalue weighted by atomic mass is 10.2. The molecule has 0 spiro atoms. The van der Waals surface area contributed by atoms with Crippen LogP contribution in [0.2, 0.25) is 0 Å². The highest BCUT2D eigenvalue weighted by molar-refractivity contribution is 6.69. The van der Waals surface area contributed by atoms with E-state index in [9.17, 15) is 19.2 Å². The Labute approximate surface area is 320 Å². The predicted molar refractivity (Wildman–Crippen MR) is 177 cm³/mol. The average Bonchev–Trinajstić information content (AvgIpc) is 2.91. The molecule has 0 atom stereocenters. The lowest BCUT2D eigenvalue weighted by Gasteiger charge is -2.29. The van der Waals surface area contributed by atoms with Gasteiger partial charge in [-0.2, -0.15) is 10.0 Å². The largest absolute Gasteiger partial charge is 0.494 e. The second kappa shape index (κ2) is 18.4. The van der Waals surface area contributed by atoms with Gasteiger partial charge >= 0.3 is 24.4 Å². The van der Waals surface area contributed by atoms with Crippen molar-refractivity contribution in [1.29, 1.82) is 0 Å². The van der Waals surface area contributed by atoms with Crippen LogP contribution in [0.25, 0.3) is 0 Å². The quantitative estimate of drug-likeness (QED) is 0.148. The molecule has 26 heteroatoms. The minimum atomic E-state index is -2.10. The Hall–Kier alpha value is -0.620. The monoisotopic (exact) mass is 894 g/mol. The zero-order chi connectivity index (χ0) is 35.7. The predicted octanol–water partition coefficient (Wildman–Crippen LogP) is 8.35. The summed E-state index contributed by atoms with van der Waals surface area (Å²) >= 11 is 67.7. The molecular formula is C20H18Cl12N4O10. The molecule has 0 heterocycles. The number of carbonyl (C=O) groups is 4. The molecule has 0 aliphatic heterocycles. The number of nitrogens with one attached hydrogen (secondary N) is 2. The molecule has 0 saturated heterocycles. The second-order valence-electron chi connectivity index (χ2n) is 7.81. The molecule has 0 aliphatic carbocycles. The van der Waals surface area contributed by atoms with Crippen molar-refractivity contribution in [1.82, 2.24) is 10.9 Å². The Bertz CT molecular complexity index is 1150. The molecule has 1 aromatic carbocycles. The van der Waals surface area contributed by atoms with Crippen LogP contribution < -0.4 is 30.3 Å². The minimum Gasteiger partial charge on any atom is -0.494 e. The van der Waals surface area contributed by atoms with Gasteiger partial charge in [0.1, 0.15) is 49.3 Å². The number of ether oxygens (including phenoxy) is 6. The van der Waals surface area contributed by atoms with Gasteiger partial charge in [-0.25, -0.2) is 30.0 Å². The Morgan fingerprint density at radius 3 is 1.09 bits per heavy atom. The molecule has 0 fully saturated rings. The first-order valence-electron chi connectivity index (χ1n) is 11.2. The molecule has 2 N–H and O–H groups in total. The van der Waals surface area contributed by atoms with Gasteiger partial charge in [0.15, 0.2) is 0 Å². The Morgan fingerprint density at radius 2 is 0.826 bits per heavy atom. The summed E-state index contributed by atoms with van der Waals surface area (Å²) in [5.74, 6) is -0.497. The minimum absolute atomic E-state index is 0.249. The molecule has 262 valence electrons. The summed E-state index contributed by atoms with van der Waals surface area (Å²) in [6.07, 6.45) is -5.62. The molecule has 0 radical (unpaired) electrons. The number of hydrogen-bond acceptors (Lipinski definition) is 10. The highest BCUT2D eigenvalue weighted by atomic mass is 35.6. The SMILES string of the molecule is COc1cc(OC)c(N(NC(=O)OCC(Cl)(Cl)Cl)C(=O)OCC(Cl)(Cl)Cl)cc1N(NC(=O)OCC(Cl)(Cl)Cl)C(=O)OCC(Cl)(Cl)Cl. The van der Waals surface area contributed by atoms with Gasteiger partial charge in [-0.3, -0.25) is 0 Å². The number of halogens is 12. The molecular weight excluding hydrogens is 882 g/mol. The van der Waals surface area contributed by atoms with Crippen molar-refractivity contribution < 1.29 is 47.6 Å². The Balaban J connectivity index is 3.79. The number of hydrogen-bond donors (Lipinski definition) is 2. The van der Waals surface area contributed by atoms with E-state index in [0.29, 0.717) is 10.0 Å². The van der Waals surface area contributed by atoms with E-state index >= 15 is 0 Å². The van der Waals surface area contributed by atoms with Crippen LogP contribution in [0.4, 0.5) is 30.6 Å². The lowest BCUT2D eigenvalue weighted by molar-refractivity contribution is 0.134. The van der Waals surface area contributed by atoms with E-state index in [-0.39, 0.29) is 11.5 Å². The fourth-order valence-electron chi connectivity index (χ4n) is 2.58. The lowest BCUT2D eigenvalue weighted by Crippen LogP contribution is -2.49. The molecule has 14 nitrogen and oxygen atoms in total. The van der Waals surface area contributed by atoms with Crippen molar-refractivity contribution in [2.24, 2.45) is 0 Å². The number of rotatable bonds is 8. The summed E-state index contributed by atoms with van der Waals surface area (Å²) in [5, 5.41) is 0.732. The molecule has 0 unspecified atom stereocenters. The van der Waals surface area contributed by atoms with Gasteiger partial charge in [-0.15, -0.1) is 0 Å². The van der Waals surface area contributed by atoms with Crippen molar-refractivity contribution in [3.63, 3.8) is 0 Å². The summed E-state index contributed by atoms with van der Waals surface area (Å²) in [7, 11) is 2.28. The fourth-order valence-corrected chi connectivity index (χ4v) is 3.24. The molecule has 0 aromatic heterocycles. The van der Waals surface area contributed by atoms with Crippen LogP contribution >= 0.6 is 139 Å². The summed E-state index contributed by atoms with van der Waals surface area (Å²) in [6.45, 7) is -3.24. The number of hydrazine groups is 2. The molecule has 0 bridgehead atoms. The molecule has 1 rings (SSSR count). The van der Waals surface area contributed by atoms with Crippen molar-refractivity contribution in [2.45, 2.75) is 15.2 Å². The average molecular weight is 900 g/mol. The van der Waals surface area contributed by atoms with E-state index < -0.39 is 77.3 Å². The van der Waals surface area contributed by atoms with Crippen LogP contribution in [0.1, 0.15) is 0 Å². The van der Waals surface area contributed by atoms with E-state index in [1.807, 2.05) is 10.9 Å². The zero-order valence-corrected chi connectivity index (χ0v) is 31.6. The Kier molecular flexibility index (Phi) is 17.4. The first-order valence-corrected chi connectivity index (χ1v) is 15.7. The third-order valence-electron chi connectivity index (χ3n) is 4.19.